The third kappa shape index (κ3) is 6.21. The zero-order valence-corrected chi connectivity index (χ0v) is 22.2. The fourth-order valence-corrected chi connectivity index (χ4v) is 5.06. The molecule has 1 N–H and O–H groups in total. The van der Waals surface area contributed by atoms with Crippen LogP contribution < -0.4 is 5.32 Å². The van der Waals surface area contributed by atoms with Crippen LogP contribution in [0.4, 0.5) is 18.9 Å². The number of alkyl halides is 3. The van der Waals surface area contributed by atoms with E-state index in [1.165, 1.54) is 16.5 Å². The van der Waals surface area contributed by atoms with Gasteiger partial charge in [0.15, 0.2) is 0 Å². The lowest BCUT2D eigenvalue weighted by molar-refractivity contribution is -0.145. The van der Waals surface area contributed by atoms with Crippen LogP contribution in [0.15, 0.2) is 72.4 Å². The van der Waals surface area contributed by atoms with E-state index in [2.05, 4.69) is 34.4 Å². The second-order valence-corrected chi connectivity index (χ2v) is 9.42. The number of allylic oxidation sites excluding steroid dienone is 2. The molecule has 2 aliphatic carbocycles. The van der Waals surface area contributed by atoms with Crippen molar-refractivity contribution in [3.8, 4) is 0 Å². The van der Waals surface area contributed by atoms with Crippen LogP contribution in [-0.4, -0.2) is 37.1 Å². The molecule has 2 amide bonds. The lowest BCUT2D eigenvalue weighted by atomic mass is 9.75. The summed E-state index contributed by atoms with van der Waals surface area (Å²) in [6.07, 6.45) is 8.87. The Kier molecular flexibility index (Phi) is 8.52. The number of carbonyl (C=O) groups excluding carboxylic acids is 2. The lowest BCUT2D eigenvalue weighted by Gasteiger charge is -2.40. The summed E-state index contributed by atoms with van der Waals surface area (Å²) in [5.74, 6) is -1.27. The van der Waals surface area contributed by atoms with E-state index in [1.54, 1.807) is 35.1 Å². The topological polar surface area (TPSA) is 79.6 Å². The van der Waals surface area contributed by atoms with Crippen molar-refractivity contribution < 1.29 is 24.2 Å². The summed E-state index contributed by atoms with van der Waals surface area (Å²) in [5, 5.41) is 2.65. The number of amides is 2. The minimum absolute atomic E-state index is 0. The van der Waals surface area contributed by atoms with Gasteiger partial charge in [0.05, 0.1) is 23.8 Å². The fraction of sp³-hybridized carbons (Fsp3) is 0.379. The molecule has 208 valence electrons. The molecule has 0 radical (unpaired) electrons. The quantitative estimate of drug-likeness (QED) is 0.386. The molecule has 0 saturated heterocycles. The number of imidazole rings is 1. The van der Waals surface area contributed by atoms with Crippen LogP contribution in [0, 0.1) is 5.92 Å². The maximum Gasteiger partial charge on any atom is 0.417 e. The van der Waals surface area contributed by atoms with Crippen LogP contribution in [0.3, 0.4) is 0 Å². The number of halogens is 3. The van der Waals surface area contributed by atoms with E-state index in [0.29, 0.717) is 23.7 Å². The van der Waals surface area contributed by atoms with Gasteiger partial charge in [-0.1, -0.05) is 32.9 Å². The number of hydrogen-bond acceptors (Lipinski definition) is 4. The van der Waals surface area contributed by atoms with E-state index >= 15 is 0 Å². The number of aromatic nitrogens is 3. The monoisotopic (exact) mass is 541 g/mol. The number of rotatable bonds is 4. The highest BCUT2D eigenvalue weighted by Gasteiger charge is 2.37. The molecule has 0 bridgehead atoms. The van der Waals surface area contributed by atoms with Gasteiger partial charge in [-0.2, -0.15) is 13.2 Å². The van der Waals surface area contributed by atoms with Crippen LogP contribution in [0.1, 0.15) is 59.1 Å². The van der Waals surface area contributed by atoms with E-state index < -0.39 is 23.6 Å². The second-order valence-electron chi connectivity index (χ2n) is 9.42. The van der Waals surface area contributed by atoms with Gasteiger partial charge < -0.3 is 14.6 Å². The fourth-order valence-electron chi connectivity index (χ4n) is 5.06. The van der Waals surface area contributed by atoms with E-state index in [0.717, 1.165) is 37.1 Å². The van der Waals surface area contributed by atoms with E-state index in [1.807, 2.05) is 13.8 Å². The summed E-state index contributed by atoms with van der Waals surface area (Å²) < 4.78 is 40.9. The van der Waals surface area contributed by atoms with Crippen LogP contribution in [-0.2, 0) is 22.3 Å². The molecule has 3 aromatic rings. The minimum atomic E-state index is -4.51. The number of fused-ring (bicyclic) bond motifs is 2. The zero-order chi connectivity index (χ0) is 28.2. The summed E-state index contributed by atoms with van der Waals surface area (Å²) in [5.41, 5.74) is 2.61. The number of carbonyl (C=O) groups is 2. The zero-order valence-electron chi connectivity index (χ0n) is 22.2. The van der Waals surface area contributed by atoms with Gasteiger partial charge in [0, 0.05) is 38.0 Å². The van der Waals surface area contributed by atoms with Gasteiger partial charge in [-0.05, 0) is 60.9 Å². The summed E-state index contributed by atoms with van der Waals surface area (Å²) >= 11 is 0. The minimum Gasteiger partial charge on any atom is -0.322 e. The van der Waals surface area contributed by atoms with Gasteiger partial charge in [0.2, 0.25) is 0 Å². The van der Waals surface area contributed by atoms with Crippen LogP contribution in [0.25, 0.3) is 5.65 Å². The number of nitrogens with zero attached hydrogens (tertiary/aromatic N) is 4. The third-order valence-corrected chi connectivity index (χ3v) is 6.96. The van der Waals surface area contributed by atoms with Gasteiger partial charge in [0.1, 0.15) is 5.65 Å². The molecule has 10 heteroatoms. The van der Waals surface area contributed by atoms with Crippen LogP contribution in [0.2, 0.25) is 0 Å². The molecule has 39 heavy (non-hydrogen) atoms. The Morgan fingerprint density at radius 3 is 2.51 bits per heavy atom. The average Bonchev–Trinajstić information content (AvgIpc) is 3.41. The first-order chi connectivity index (χ1) is 18.7. The Hall–Kier alpha value is -3.95. The van der Waals surface area contributed by atoms with Crippen molar-refractivity contribution in [3.05, 3.63) is 83.6 Å². The predicted octanol–water partition coefficient (Wildman–Crippen LogP) is 6.43. The summed E-state index contributed by atoms with van der Waals surface area (Å²) in [4.78, 5) is 36.3. The molecule has 2 atom stereocenters. The number of nitrogens with one attached hydrogen (secondary N) is 1. The van der Waals surface area contributed by atoms with Crippen molar-refractivity contribution in [2.75, 3.05) is 5.32 Å². The highest BCUT2D eigenvalue weighted by Crippen LogP contribution is 2.40. The van der Waals surface area contributed by atoms with Crippen molar-refractivity contribution in [1.82, 2.24) is 19.3 Å². The highest BCUT2D eigenvalue weighted by atomic mass is 19.4. The second kappa shape index (κ2) is 11.8. The van der Waals surface area contributed by atoms with Gasteiger partial charge in [-0.15, -0.1) is 0 Å². The maximum atomic E-state index is 13.6. The van der Waals surface area contributed by atoms with Crippen LogP contribution in [0.5, 0.6) is 0 Å². The molecule has 2 unspecified atom stereocenters. The van der Waals surface area contributed by atoms with E-state index in [4.69, 9.17) is 0 Å². The molecule has 1 saturated carbocycles. The number of anilines is 1. The largest absolute Gasteiger partial charge is 0.417 e. The molecule has 0 aromatic carbocycles. The van der Waals surface area contributed by atoms with E-state index in [9.17, 15) is 22.8 Å². The molecule has 3 aromatic heterocycles. The van der Waals surface area contributed by atoms with Crippen molar-refractivity contribution in [3.63, 3.8) is 0 Å². The lowest BCUT2D eigenvalue weighted by Crippen LogP contribution is -2.48. The van der Waals surface area contributed by atoms with Crippen LogP contribution >= 0.6 is 0 Å². The Morgan fingerprint density at radius 1 is 1.08 bits per heavy atom. The van der Waals surface area contributed by atoms with Crippen molar-refractivity contribution >= 4 is 23.1 Å². The van der Waals surface area contributed by atoms with Crippen molar-refractivity contribution in [1.29, 1.82) is 0 Å². The Morgan fingerprint density at radius 2 is 1.82 bits per heavy atom. The van der Waals surface area contributed by atoms with Gasteiger partial charge in [-0.25, -0.2) is 4.98 Å². The average molecular weight is 542 g/mol. The van der Waals surface area contributed by atoms with Crippen molar-refractivity contribution in [2.45, 2.75) is 65.2 Å². The molecular formula is C29H34F3N5O2. The molecule has 1 fully saturated rings. The normalized spacial score (nSPS) is 18.7. The Labute approximate surface area is 226 Å². The Bertz CT molecular complexity index is 1400. The summed E-state index contributed by atoms with van der Waals surface area (Å²) in [6, 6.07) is 5.14. The molecule has 2 aliphatic rings. The molecule has 0 spiro atoms. The highest BCUT2D eigenvalue weighted by molar-refractivity contribution is 6.39. The Balaban J connectivity index is 0.00000144. The first-order valence-corrected chi connectivity index (χ1v) is 13.2. The SMILES string of the molecule is CC.CC1CCC(N(Cc2ccc(C(F)(F)F)cn2)C(=O)C(=O)Nc2ccn3ccnc3c2)C2=CCCC=C21.[HH]. The molecule has 7 nitrogen and oxygen atoms in total. The molecule has 5 rings (SSSR count). The van der Waals surface area contributed by atoms with Gasteiger partial charge in [0.25, 0.3) is 0 Å². The molecule has 0 aliphatic heterocycles. The summed E-state index contributed by atoms with van der Waals surface area (Å²) in [7, 11) is 0. The first-order valence-electron chi connectivity index (χ1n) is 13.2. The van der Waals surface area contributed by atoms with Gasteiger partial charge in [-0.3, -0.25) is 14.6 Å². The molecule has 3 heterocycles. The van der Waals surface area contributed by atoms with Crippen molar-refractivity contribution in [2.24, 2.45) is 5.92 Å². The summed E-state index contributed by atoms with van der Waals surface area (Å²) in [6.45, 7) is 6.05. The predicted molar refractivity (Wildman–Crippen MR) is 145 cm³/mol. The number of pyridine rings is 2. The van der Waals surface area contributed by atoms with E-state index in [-0.39, 0.29) is 19.7 Å². The standard InChI is InChI=1S/C27H26F3N5O2.C2H6.H2/c1-17-6-9-23(22-5-3-2-4-21(17)22)35(16-20-8-7-18(15-32-20)27(28,29)30)26(37)25(36)33-19-10-12-34-13-11-31-24(34)14-19;1-2;/h4-5,7-8,10-15,17,23H,2-3,6,9,16H2,1H3,(H,33,36);1-2H3;1H. The first kappa shape index (κ1) is 28.1. The number of hydrogen-bond donors (Lipinski definition) is 1. The third-order valence-electron chi connectivity index (χ3n) is 6.96. The maximum absolute atomic E-state index is 13.6. The smallest absolute Gasteiger partial charge is 0.322 e. The van der Waals surface area contributed by atoms with Gasteiger partial charge >= 0.3 is 18.0 Å². The molecular weight excluding hydrogens is 507 g/mol.